The van der Waals surface area contributed by atoms with E-state index in [4.69, 9.17) is 14.6 Å². The summed E-state index contributed by atoms with van der Waals surface area (Å²) in [7, 11) is 6.23. The van der Waals surface area contributed by atoms with E-state index in [0.717, 1.165) is 58.9 Å². The molecule has 1 aromatic rings. The van der Waals surface area contributed by atoms with E-state index in [1.807, 2.05) is 18.8 Å². The fraction of sp³-hybridized carbons (Fsp3) is 0.857. The minimum atomic E-state index is 0.182. The fourth-order valence-electron chi connectivity index (χ4n) is 4.16. The van der Waals surface area contributed by atoms with E-state index < -0.39 is 0 Å². The first-order valence-electron chi connectivity index (χ1n) is 10.5. The second kappa shape index (κ2) is 11.1. The molecule has 0 aromatic carbocycles. The van der Waals surface area contributed by atoms with Gasteiger partial charge in [-0.1, -0.05) is 0 Å². The summed E-state index contributed by atoms with van der Waals surface area (Å²) in [6, 6.07) is 0. The van der Waals surface area contributed by atoms with Crippen molar-refractivity contribution in [1.82, 2.24) is 20.0 Å². The summed E-state index contributed by atoms with van der Waals surface area (Å²) in [5.74, 6) is 0.551. The molecule has 27 heavy (non-hydrogen) atoms. The average molecular weight is 381 g/mol. The van der Waals surface area contributed by atoms with Gasteiger partial charge >= 0.3 is 0 Å². The lowest BCUT2D eigenvalue weighted by Crippen LogP contribution is -2.36. The lowest BCUT2D eigenvalue weighted by atomic mass is 9.70. The van der Waals surface area contributed by atoms with Crippen LogP contribution >= 0.6 is 0 Å². The third-order valence-electron chi connectivity index (χ3n) is 5.78. The van der Waals surface area contributed by atoms with Gasteiger partial charge in [0.2, 0.25) is 0 Å². The number of nitrogens with zero attached hydrogens (tertiary/aromatic N) is 3. The maximum Gasteiger partial charge on any atom is 0.0700 e. The first kappa shape index (κ1) is 22.3. The molecule has 2 rings (SSSR count). The first-order chi connectivity index (χ1) is 13.0. The highest BCUT2D eigenvalue weighted by atomic mass is 16.5. The van der Waals surface area contributed by atoms with Crippen molar-refractivity contribution >= 4 is 0 Å². The first-order valence-corrected chi connectivity index (χ1v) is 10.5. The van der Waals surface area contributed by atoms with Crippen LogP contribution in [-0.2, 0) is 23.1 Å². The van der Waals surface area contributed by atoms with Crippen LogP contribution in [0.2, 0.25) is 0 Å². The van der Waals surface area contributed by atoms with E-state index in [1.165, 1.54) is 24.1 Å². The second-order valence-corrected chi connectivity index (χ2v) is 8.10. The van der Waals surface area contributed by atoms with Crippen molar-refractivity contribution in [3.05, 3.63) is 17.5 Å². The lowest BCUT2D eigenvalue weighted by molar-refractivity contribution is -0.0397. The van der Waals surface area contributed by atoms with Crippen molar-refractivity contribution < 1.29 is 9.47 Å². The van der Waals surface area contributed by atoms with E-state index in [0.29, 0.717) is 5.92 Å². The molecule has 1 aromatic heterocycles. The Morgan fingerprint density at radius 2 is 1.85 bits per heavy atom. The summed E-state index contributed by atoms with van der Waals surface area (Å²) in [5, 5.41) is 8.08. The van der Waals surface area contributed by atoms with E-state index in [-0.39, 0.29) is 5.41 Å². The van der Waals surface area contributed by atoms with Crippen LogP contribution in [0.5, 0.6) is 0 Å². The molecule has 0 amide bonds. The molecular weight excluding hydrogens is 340 g/mol. The highest BCUT2D eigenvalue weighted by molar-refractivity contribution is 5.22. The quantitative estimate of drug-likeness (QED) is 0.604. The largest absolute Gasteiger partial charge is 0.381 e. The number of hydrogen-bond donors (Lipinski definition) is 1. The molecule has 0 spiro atoms. The zero-order chi connectivity index (χ0) is 19.7. The van der Waals surface area contributed by atoms with Crippen molar-refractivity contribution in [2.45, 2.75) is 52.0 Å². The van der Waals surface area contributed by atoms with Crippen LogP contribution in [0.4, 0.5) is 0 Å². The monoisotopic (exact) mass is 380 g/mol. The van der Waals surface area contributed by atoms with Gasteiger partial charge in [-0.15, -0.1) is 0 Å². The maximum atomic E-state index is 5.82. The molecule has 1 fully saturated rings. The Balaban J connectivity index is 2.01. The smallest absolute Gasteiger partial charge is 0.0700 e. The zero-order valence-corrected chi connectivity index (χ0v) is 18.1. The van der Waals surface area contributed by atoms with Crippen LogP contribution in [0, 0.1) is 5.41 Å². The molecule has 0 unspecified atom stereocenters. The number of aromatic nitrogens is 2. The van der Waals surface area contributed by atoms with Gasteiger partial charge in [0, 0.05) is 63.0 Å². The number of rotatable bonds is 12. The van der Waals surface area contributed by atoms with Gasteiger partial charge in [0.05, 0.1) is 18.9 Å². The van der Waals surface area contributed by atoms with E-state index in [2.05, 4.69) is 37.3 Å². The molecule has 1 aliphatic rings. The molecule has 0 atom stereocenters. The van der Waals surface area contributed by atoms with Gasteiger partial charge in [0.1, 0.15) is 0 Å². The molecule has 6 nitrogen and oxygen atoms in total. The third kappa shape index (κ3) is 6.56. The van der Waals surface area contributed by atoms with Crippen molar-refractivity contribution in [1.29, 1.82) is 0 Å². The molecular formula is C21H40N4O2. The molecule has 6 heteroatoms. The van der Waals surface area contributed by atoms with Crippen molar-refractivity contribution in [2.75, 3.05) is 53.6 Å². The zero-order valence-electron chi connectivity index (χ0n) is 18.1. The summed E-state index contributed by atoms with van der Waals surface area (Å²) >= 11 is 0. The molecule has 0 bridgehead atoms. The Kier molecular flexibility index (Phi) is 9.22. The maximum absolute atomic E-state index is 5.82. The highest BCUT2D eigenvalue weighted by Gasteiger charge is 2.37. The summed E-state index contributed by atoms with van der Waals surface area (Å²) in [4.78, 5) is 2.37. The Bertz CT molecular complexity index is 528. The van der Waals surface area contributed by atoms with Gasteiger partial charge in [-0.2, -0.15) is 5.10 Å². The summed E-state index contributed by atoms with van der Waals surface area (Å²) in [6.45, 7) is 10.4. The van der Waals surface area contributed by atoms with Crippen LogP contribution in [0.3, 0.4) is 0 Å². The SMILES string of the molecule is CCOCC1(COCC)CCC(c2nn(C)cc2CN(C)CCNC)CC1. The van der Waals surface area contributed by atoms with Crippen molar-refractivity contribution in [3.8, 4) is 0 Å². The molecule has 1 saturated carbocycles. The molecule has 156 valence electrons. The van der Waals surface area contributed by atoms with Gasteiger partial charge in [0.25, 0.3) is 0 Å². The number of likely N-dealkylation sites (N-methyl/N-ethyl adjacent to an activating group) is 2. The van der Waals surface area contributed by atoms with E-state index >= 15 is 0 Å². The van der Waals surface area contributed by atoms with E-state index in [9.17, 15) is 0 Å². The predicted molar refractivity (Wildman–Crippen MR) is 110 cm³/mol. The van der Waals surface area contributed by atoms with Gasteiger partial charge in [-0.3, -0.25) is 4.68 Å². The fourth-order valence-corrected chi connectivity index (χ4v) is 4.16. The number of hydrogen-bond acceptors (Lipinski definition) is 5. The molecule has 0 saturated heterocycles. The Morgan fingerprint density at radius 3 is 2.41 bits per heavy atom. The molecule has 1 heterocycles. The molecule has 0 radical (unpaired) electrons. The molecule has 0 aliphatic heterocycles. The topological polar surface area (TPSA) is 51.6 Å². The average Bonchev–Trinajstić information content (AvgIpc) is 3.03. The van der Waals surface area contributed by atoms with Gasteiger partial charge in [-0.05, 0) is 53.6 Å². The van der Waals surface area contributed by atoms with Crippen molar-refractivity contribution in [2.24, 2.45) is 12.5 Å². The van der Waals surface area contributed by atoms with Crippen LogP contribution in [-0.4, -0.2) is 68.3 Å². The summed E-state index contributed by atoms with van der Waals surface area (Å²) in [5.41, 5.74) is 2.86. The van der Waals surface area contributed by atoms with Crippen LogP contribution in [0.1, 0.15) is 56.7 Å². The third-order valence-corrected chi connectivity index (χ3v) is 5.78. The van der Waals surface area contributed by atoms with Crippen LogP contribution in [0.25, 0.3) is 0 Å². The minimum Gasteiger partial charge on any atom is -0.381 e. The normalized spacial score (nSPS) is 17.7. The number of nitrogens with one attached hydrogen (secondary N) is 1. The standard InChI is InChI=1S/C21H40N4O2/c1-6-26-16-21(17-27-7-2)10-8-18(9-11-21)20-19(15-25(5)23-20)14-24(4)13-12-22-3/h15,18,22H,6-14,16-17H2,1-5H3. The van der Waals surface area contributed by atoms with E-state index in [1.54, 1.807) is 0 Å². The Morgan fingerprint density at radius 1 is 1.22 bits per heavy atom. The summed E-state index contributed by atoms with van der Waals surface area (Å²) in [6.07, 6.45) is 6.86. The predicted octanol–water partition coefficient (Wildman–Crippen LogP) is 2.79. The Labute approximate surface area is 165 Å². The minimum absolute atomic E-state index is 0.182. The Hall–Kier alpha value is -0.950. The number of ether oxygens (including phenoxy) is 2. The van der Waals surface area contributed by atoms with Gasteiger partial charge in [0.15, 0.2) is 0 Å². The van der Waals surface area contributed by atoms with Crippen LogP contribution in [0.15, 0.2) is 6.20 Å². The highest BCUT2D eigenvalue weighted by Crippen LogP contribution is 2.44. The number of aryl methyl sites for hydroxylation is 1. The van der Waals surface area contributed by atoms with Gasteiger partial charge in [-0.25, -0.2) is 0 Å². The second-order valence-electron chi connectivity index (χ2n) is 8.10. The lowest BCUT2D eigenvalue weighted by Gasteiger charge is -2.39. The van der Waals surface area contributed by atoms with Crippen molar-refractivity contribution in [3.63, 3.8) is 0 Å². The summed E-state index contributed by atoms with van der Waals surface area (Å²) < 4.78 is 13.6. The van der Waals surface area contributed by atoms with Crippen LogP contribution < -0.4 is 5.32 Å². The van der Waals surface area contributed by atoms with Gasteiger partial charge < -0.3 is 19.7 Å². The molecule has 1 aliphatic carbocycles. The molecule has 1 N–H and O–H groups in total.